The number of fused-ring (bicyclic) bond motifs is 2. The molecule has 120 valence electrons. The molecule has 0 saturated carbocycles. The lowest BCUT2D eigenvalue weighted by molar-refractivity contribution is -0.111. The molecule has 2 fully saturated rings. The number of hydrogen-bond donors (Lipinski definition) is 2. The van der Waals surface area contributed by atoms with Gasteiger partial charge in [-0.1, -0.05) is 5.16 Å². The van der Waals surface area contributed by atoms with Crippen molar-refractivity contribution >= 4 is 16.1 Å². The molecule has 0 radical (unpaired) electrons. The number of oxime groups is 1. The Morgan fingerprint density at radius 3 is 2.90 bits per heavy atom. The Kier molecular flexibility index (Phi) is 3.93. The van der Waals surface area contributed by atoms with Gasteiger partial charge in [-0.15, -0.1) is 5.06 Å². The van der Waals surface area contributed by atoms with Crippen molar-refractivity contribution in [3.8, 4) is 0 Å². The molecule has 5 atom stereocenters. The van der Waals surface area contributed by atoms with Crippen molar-refractivity contribution in [3.05, 3.63) is 0 Å². The van der Waals surface area contributed by atoms with Gasteiger partial charge in [0.2, 0.25) is 0 Å². The molecule has 2 saturated heterocycles. The van der Waals surface area contributed by atoms with Crippen molar-refractivity contribution in [1.29, 1.82) is 0 Å². The van der Waals surface area contributed by atoms with Gasteiger partial charge >= 0.3 is 10.4 Å². The van der Waals surface area contributed by atoms with E-state index >= 15 is 0 Å². The summed E-state index contributed by atoms with van der Waals surface area (Å²) in [6, 6.07) is 0.0502. The molecule has 3 unspecified atom stereocenters. The first-order chi connectivity index (χ1) is 9.89. The quantitative estimate of drug-likeness (QED) is 0.654. The van der Waals surface area contributed by atoms with Crippen LogP contribution in [-0.4, -0.2) is 66.1 Å². The summed E-state index contributed by atoms with van der Waals surface area (Å²) in [4.78, 5) is 7.40. The lowest BCUT2D eigenvalue weighted by atomic mass is 9.94. The van der Waals surface area contributed by atoms with Gasteiger partial charge in [0.05, 0.1) is 24.0 Å². The van der Waals surface area contributed by atoms with Crippen LogP contribution in [0, 0.1) is 0 Å². The highest BCUT2D eigenvalue weighted by Gasteiger charge is 2.48. The highest BCUT2D eigenvalue weighted by molar-refractivity contribution is 7.80. The minimum atomic E-state index is -4.50. The Morgan fingerprint density at radius 2 is 2.29 bits per heavy atom. The number of piperidine rings is 1. The van der Waals surface area contributed by atoms with Gasteiger partial charge in [-0.3, -0.25) is 9.45 Å². The fourth-order valence-electron chi connectivity index (χ4n) is 3.41. The third-order valence-corrected chi connectivity index (χ3v) is 4.75. The zero-order valence-electron chi connectivity index (χ0n) is 11.8. The van der Waals surface area contributed by atoms with E-state index in [2.05, 4.69) is 10.1 Å². The summed E-state index contributed by atoms with van der Waals surface area (Å²) in [6.45, 7) is 2.95. The smallest absolute Gasteiger partial charge is 0.391 e. The summed E-state index contributed by atoms with van der Waals surface area (Å²) in [5.74, 6) is 0. The standard InChI is InChI=1S/C11H20N4O5S/c1-7-14-6-8(15(7)20-21(16,17)18)2-3-11(14)10-4-9(5-12)19-13-10/h7-9,11H,2-6,12H2,1H3,(H,16,17,18)/t7?,8?,9-,11-/m0/s1. The normalized spacial score (nSPS) is 40.1. The Labute approximate surface area is 123 Å². The van der Waals surface area contributed by atoms with Crippen molar-refractivity contribution in [3.63, 3.8) is 0 Å². The average Bonchev–Trinajstić information content (AvgIpc) is 2.98. The Hall–Kier alpha value is -0.780. The van der Waals surface area contributed by atoms with Crippen molar-refractivity contribution < 1.29 is 22.1 Å². The first-order valence-corrected chi connectivity index (χ1v) is 8.39. The number of nitrogens with zero attached hydrogens (tertiary/aromatic N) is 3. The van der Waals surface area contributed by atoms with Gasteiger partial charge in [0, 0.05) is 19.5 Å². The fourth-order valence-corrected chi connectivity index (χ4v) is 3.88. The second kappa shape index (κ2) is 5.45. The van der Waals surface area contributed by atoms with Gasteiger partial charge in [0.1, 0.15) is 6.10 Å². The maximum absolute atomic E-state index is 11.0. The molecule has 3 N–H and O–H groups in total. The van der Waals surface area contributed by atoms with E-state index in [-0.39, 0.29) is 24.4 Å². The van der Waals surface area contributed by atoms with Crippen LogP contribution in [0.4, 0.5) is 0 Å². The molecule has 0 aliphatic carbocycles. The SMILES string of the molecule is CC1N(OS(=O)(=O)O)C2CC[C@@H](C3=NO[C@H](CN)C3)N1C2. The van der Waals surface area contributed by atoms with Crippen LogP contribution in [0.25, 0.3) is 0 Å². The van der Waals surface area contributed by atoms with Gasteiger partial charge < -0.3 is 10.6 Å². The molecule has 3 rings (SSSR count). The average molecular weight is 320 g/mol. The summed E-state index contributed by atoms with van der Waals surface area (Å²) in [7, 11) is -4.50. The van der Waals surface area contributed by atoms with Crippen LogP contribution in [0.5, 0.6) is 0 Å². The molecule has 3 heterocycles. The first-order valence-electron chi connectivity index (χ1n) is 7.03. The molecule has 3 aliphatic rings. The van der Waals surface area contributed by atoms with E-state index in [1.165, 1.54) is 5.06 Å². The third-order valence-electron chi connectivity index (χ3n) is 4.39. The van der Waals surface area contributed by atoms with Crippen molar-refractivity contribution in [2.24, 2.45) is 10.9 Å². The molecular formula is C11H20N4O5S. The van der Waals surface area contributed by atoms with Crippen LogP contribution in [0.1, 0.15) is 26.2 Å². The molecule has 3 aliphatic heterocycles. The minimum Gasteiger partial charge on any atom is -0.391 e. The van der Waals surface area contributed by atoms with E-state index in [1.54, 1.807) is 0 Å². The second-order valence-electron chi connectivity index (χ2n) is 5.69. The van der Waals surface area contributed by atoms with Gasteiger partial charge in [-0.2, -0.15) is 12.7 Å². The zero-order valence-corrected chi connectivity index (χ0v) is 12.6. The molecule has 21 heavy (non-hydrogen) atoms. The lowest BCUT2D eigenvalue weighted by Crippen LogP contribution is -2.46. The Balaban J connectivity index is 1.73. The zero-order chi connectivity index (χ0) is 15.2. The highest BCUT2D eigenvalue weighted by atomic mass is 32.3. The molecular weight excluding hydrogens is 300 g/mol. The Bertz CT molecular complexity index is 539. The lowest BCUT2D eigenvalue weighted by Gasteiger charge is -2.32. The topological polar surface area (TPSA) is 118 Å². The summed E-state index contributed by atoms with van der Waals surface area (Å²) in [6.07, 6.45) is 1.99. The minimum absolute atomic E-state index is 0.0496. The highest BCUT2D eigenvalue weighted by Crippen LogP contribution is 2.35. The number of hydroxylamine groups is 2. The van der Waals surface area contributed by atoms with E-state index in [0.717, 1.165) is 18.6 Å². The second-order valence-corrected chi connectivity index (χ2v) is 6.69. The molecule has 0 aromatic heterocycles. The number of hydrogen-bond acceptors (Lipinski definition) is 8. The summed E-state index contributed by atoms with van der Waals surface area (Å²) in [5, 5.41) is 5.48. The fraction of sp³-hybridized carbons (Fsp3) is 0.909. The monoisotopic (exact) mass is 320 g/mol. The molecule has 2 bridgehead atoms. The predicted molar refractivity (Wildman–Crippen MR) is 73.4 cm³/mol. The number of nitrogens with two attached hydrogens (primary N) is 1. The van der Waals surface area contributed by atoms with E-state index in [0.29, 0.717) is 19.5 Å². The van der Waals surface area contributed by atoms with Gasteiger partial charge in [-0.05, 0) is 19.8 Å². The predicted octanol–water partition coefficient (Wildman–Crippen LogP) is -0.681. The van der Waals surface area contributed by atoms with Gasteiger partial charge in [0.25, 0.3) is 0 Å². The first kappa shape index (κ1) is 15.1. The van der Waals surface area contributed by atoms with Crippen LogP contribution in [0.3, 0.4) is 0 Å². The van der Waals surface area contributed by atoms with Crippen molar-refractivity contribution in [2.45, 2.75) is 50.5 Å². The van der Waals surface area contributed by atoms with Crippen LogP contribution in [0.2, 0.25) is 0 Å². The summed E-state index contributed by atoms with van der Waals surface area (Å²) < 4.78 is 35.5. The summed E-state index contributed by atoms with van der Waals surface area (Å²) >= 11 is 0. The van der Waals surface area contributed by atoms with Gasteiger partial charge in [0.15, 0.2) is 0 Å². The van der Waals surface area contributed by atoms with Crippen LogP contribution >= 0.6 is 0 Å². The molecule has 0 spiro atoms. The van der Waals surface area contributed by atoms with Crippen LogP contribution in [0.15, 0.2) is 5.16 Å². The Morgan fingerprint density at radius 1 is 1.52 bits per heavy atom. The van der Waals surface area contributed by atoms with Crippen molar-refractivity contribution in [2.75, 3.05) is 13.1 Å². The number of rotatable bonds is 4. The maximum Gasteiger partial charge on any atom is 0.413 e. The third kappa shape index (κ3) is 2.91. The van der Waals surface area contributed by atoms with Crippen LogP contribution < -0.4 is 5.73 Å². The maximum atomic E-state index is 11.0. The van der Waals surface area contributed by atoms with Gasteiger partial charge in [-0.25, -0.2) is 0 Å². The molecule has 0 aromatic carbocycles. The van der Waals surface area contributed by atoms with E-state index in [4.69, 9.17) is 19.4 Å². The molecule has 0 amide bonds. The van der Waals surface area contributed by atoms with E-state index in [1.807, 2.05) is 6.92 Å². The molecule has 0 aromatic rings. The van der Waals surface area contributed by atoms with Crippen LogP contribution in [-0.2, 0) is 19.5 Å². The van der Waals surface area contributed by atoms with E-state index < -0.39 is 10.4 Å². The largest absolute Gasteiger partial charge is 0.413 e. The summed E-state index contributed by atoms with van der Waals surface area (Å²) in [5.41, 5.74) is 6.53. The van der Waals surface area contributed by atoms with E-state index in [9.17, 15) is 8.42 Å². The molecule has 9 nitrogen and oxygen atoms in total. The van der Waals surface area contributed by atoms with Crippen molar-refractivity contribution in [1.82, 2.24) is 9.96 Å². The molecule has 10 heteroatoms.